The Kier molecular flexibility index (Phi) is 5.33. The highest BCUT2D eigenvalue weighted by Gasteiger charge is 2.06. The Morgan fingerprint density at radius 2 is 2.00 bits per heavy atom. The lowest BCUT2D eigenvalue weighted by Crippen LogP contribution is -2.22. The van der Waals surface area contributed by atoms with Gasteiger partial charge in [0.2, 0.25) is 0 Å². The molecule has 1 rings (SSSR count). The number of aromatic carboxylic acids is 1. The molecule has 1 aromatic carbocycles. The van der Waals surface area contributed by atoms with Crippen molar-refractivity contribution in [2.24, 2.45) is 0 Å². The highest BCUT2D eigenvalue weighted by molar-refractivity contribution is 5.86. The van der Waals surface area contributed by atoms with Gasteiger partial charge < -0.3 is 19.4 Å². The topological polar surface area (TPSA) is 58.6 Å². The van der Waals surface area contributed by atoms with Gasteiger partial charge in [-0.1, -0.05) is 13.3 Å². The zero-order valence-electron chi connectivity index (χ0n) is 10.2. The number of ether oxygens (including phenoxy) is 2. The summed E-state index contributed by atoms with van der Waals surface area (Å²) >= 11 is 0. The van der Waals surface area contributed by atoms with Crippen LogP contribution in [0.4, 0.5) is 0 Å². The highest BCUT2D eigenvalue weighted by Crippen LogP contribution is 2.28. The number of unbranched alkanes of at least 4 members (excludes halogenated alkanes) is 1. The summed E-state index contributed by atoms with van der Waals surface area (Å²) in [6, 6.07) is 4.49. The molecule has 0 amide bonds. The Balaban J connectivity index is 2.83. The fourth-order valence-electron chi connectivity index (χ4n) is 1.35. The van der Waals surface area contributed by atoms with Crippen molar-refractivity contribution >= 4 is 5.97 Å². The van der Waals surface area contributed by atoms with E-state index in [2.05, 4.69) is 6.92 Å². The van der Waals surface area contributed by atoms with Gasteiger partial charge in [-0.05, 0) is 31.5 Å². The standard InChI is InChI=1S/C13H18O4/c1-3-5-8-17-11-7-6-10(13(14)15)9-12(11)16-4-2/h6-7,9H,3-5,8H2,1-2H3,(H,14,15)/p-1. The number of carboxylic acid groups (broad SMARTS) is 1. The summed E-state index contributed by atoms with van der Waals surface area (Å²) < 4.78 is 10.9. The molecule has 0 atom stereocenters. The van der Waals surface area contributed by atoms with E-state index in [0.717, 1.165) is 12.8 Å². The predicted molar refractivity (Wildman–Crippen MR) is 62.3 cm³/mol. The smallest absolute Gasteiger partial charge is 0.161 e. The van der Waals surface area contributed by atoms with Crippen molar-refractivity contribution in [1.29, 1.82) is 0 Å². The predicted octanol–water partition coefficient (Wildman–Crippen LogP) is 1.63. The maximum atomic E-state index is 10.7. The van der Waals surface area contributed by atoms with E-state index in [1.807, 2.05) is 6.92 Å². The monoisotopic (exact) mass is 237 g/mol. The summed E-state index contributed by atoms with van der Waals surface area (Å²) in [7, 11) is 0. The molecular formula is C13H17O4-. The molecule has 0 aromatic heterocycles. The largest absolute Gasteiger partial charge is 0.545 e. The minimum absolute atomic E-state index is 0.0938. The number of hydrogen-bond acceptors (Lipinski definition) is 4. The second-order valence-electron chi connectivity index (χ2n) is 3.58. The lowest BCUT2D eigenvalue weighted by Gasteiger charge is -2.13. The zero-order valence-corrected chi connectivity index (χ0v) is 10.2. The Bertz CT molecular complexity index is 374. The first-order chi connectivity index (χ1) is 8.19. The van der Waals surface area contributed by atoms with Crippen LogP contribution in [0.5, 0.6) is 11.5 Å². The summed E-state index contributed by atoms with van der Waals surface area (Å²) in [4.78, 5) is 10.7. The lowest BCUT2D eigenvalue weighted by molar-refractivity contribution is -0.255. The van der Waals surface area contributed by atoms with Crippen molar-refractivity contribution in [1.82, 2.24) is 0 Å². The molecule has 0 aliphatic heterocycles. The summed E-state index contributed by atoms with van der Waals surface area (Å²) in [5.41, 5.74) is 0.0938. The lowest BCUT2D eigenvalue weighted by atomic mass is 10.2. The van der Waals surface area contributed by atoms with Gasteiger partial charge in [0.15, 0.2) is 11.5 Å². The van der Waals surface area contributed by atoms with Crippen LogP contribution >= 0.6 is 0 Å². The number of carboxylic acids is 1. The van der Waals surface area contributed by atoms with Gasteiger partial charge >= 0.3 is 0 Å². The first kappa shape index (κ1) is 13.4. The molecule has 94 valence electrons. The van der Waals surface area contributed by atoms with Gasteiger partial charge in [0.1, 0.15) is 0 Å². The molecule has 0 saturated heterocycles. The fourth-order valence-corrected chi connectivity index (χ4v) is 1.35. The SMILES string of the molecule is CCCCOc1ccc(C(=O)[O-])cc1OCC. The Morgan fingerprint density at radius 1 is 1.24 bits per heavy atom. The second-order valence-corrected chi connectivity index (χ2v) is 3.58. The molecular weight excluding hydrogens is 220 g/mol. The number of carbonyl (C=O) groups is 1. The van der Waals surface area contributed by atoms with Crippen molar-refractivity contribution in [3.8, 4) is 11.5 Å². The number of rotatable bonds is 7. The molecule has 17 heavy (non-hydrogen) atoms. The second kappa shape index (κ2) is 6.78. The van der Waals surface area contributed by atoms with Crippen LogP contribution in [-0.4, -0.2) is 19.2 Å². The van der Waals surface area contributed by atoms with Crippen LogP contribution in [0.1, 0.15) is 37.0 Å². The van der Waals surface area contributed by atoms with Crippen LogP contribution < -0.4 is 14.6 Å². The van der Waals surface area contributed by atoms with Gasteiger partial charge in [-0.25, -0.2) is 0 Å². The van der Waals surface area contributed by atoms with Crippen molar-refractivity contribution in [2.45, 2.75) is 26.7 Å². The summed E-state index contributed by atoms with van der Waals surface area (Å²) in [5, 5.41) is 10.7. The van der Waals surface area contributed by atoms with Gasteiger partial charge in [-0.3, -0.25) is 0 Å². The number of hydrogen-bond donors (Lipinski definition) is 0. The van der Waals surface area contributed by atoms with Crippen LogP contribution in [0.15, 0.2) is 18.2 Å². The van der Waals surface area contributed by atoms with E-state index in [1.165, 1.54) is 12.1 Å². The van der Waals surface area contributed by atoms with E-state index < -0.39 is 5.97 Å². The van der Waals surface area contributed by atoms with Crippen molar-refractivity contribution in [3.05, 3.63) is 23.8 Å². The van der Waals surface area contributed by atoms with Crippen LogP contribution in [0.25, 0.3) is 0 Å². The first-order valence-electron chi connectivity index (χ1n) is 5.80. The molecule has 0 heterocycles. The molecule has 4 nitrogen and oxygen atoms in total. The number of carbonyl (C=O) groups excluding carboxylic acids is 1. The molecule has 0 aliphatic carbocycles. The quantitative estimate of drug-likeness (QED) is 0.676. The molecule has 0 aliphatic rings. The maximum Gasteiger partial charge on any atom is 0.161 e. The molecule has 0 N–H and O–H groups in total. The van der Waals surface area contributed by atoms with E-state index in [-0.39, 0.29) is 5.56 Å². The molecule has 0 radical (unpaired) electrons. The van der Waals surface area contributed by atoms with E-state index in [4.69, 9.17) is 9.47 Å². The van der Waals surface area contributed by atoms with Crippen molar-refractivity contribution in [3.63, 3.8) is 0 Å². The van der Waals surface area contributed by atoms with Crippen LogP contribution in [0.3, 0.4) is 0 Å². The summed E-state index contributed by atoms with van der Waals surface area (Å²) in [6.45, 7) is 4.97. The zero-order chi connectivity index (χ0) is 12.7. The van der Waals surface area contributed by atoms with E-state index in [1.54, 1.807) is 6.07 Å². The Hall–Kier alpha value is -1.71. The van der Waals surface area contributed by atoms with E-state index in [9.17, 15) is 9.90 Å². The van der Waals surface area contributed by atoms with Gasteiger partial charge in [0.05, 0.1) is 19.2 Å². The minimum Gasteiger partial charge on any atom is -0.545 e. The third kappa shape index (κ3) is 3.98. The third-order valence-corrected chi connectivity index (χ3v) is 2.23. The third-order valence-electron chi connectivity index (χ3n) is 2.23. The van der Waals surface area contributed by atoms with Gasteiger partial charge in [-0.15, -0.1) is 0 Å². The molecule has 4 heteroatoms. The average molecular weight is 237 g/mol. The minimum atomic E-state index is -1.22. The molecule has 0 bridgehead atoms. The molecule has 0 spiro atoms. The normalized spacial score (nSPS) is 10.0. The summed E-state index contributed by atoms with van der Waals surface area (Å²) in [5.74, 6) is -0.193. The van der Waals surface area contributed by atoms with Crippen LogP contribution in [0.2, 0.25) is 0 Å². The van der Waals surface area contributed by atoms with Crippen LogP contribution in [-0.2, 0) is 0 Å². The Morgan fingerprint density at radius 3 is 2.59 bits per heavy atom. The van der Waals surface area contributed by atoms with E-state index >= 15 is 0 Å². The summed E-state index contributed by atoms with van der Waals surface area (Å²) in [6.07, 6.45) is 1.99. The highest BCUT2D eigenvalue weighted by atomic mass is 16.5. The average Bonchev–Trinajstić information content (AvgIpc) is 2.31. The molecule has 0 saturated carbocycles. The fraction of sp³-hybridized carbons (Fsp3) is 0.462. The van der Waals surface area contributed by atoms with Crippen molar-refractivity contribution in [2.75, 3.05) is 13.2 Å². The Labute approximate surface area is 101 Å². The maximum absolute atomic E-state index is 10.7. The van der Waals surface area contributed by atoms with Crippen molar-refractivity contribution < 1.29 is 19.4 Å². The number of benzene rings is 1. The first-order valence-corrected chi connectivity index (χ1v) is 5.80. The van der Waals surface area contributed by atoms with Gasteiger partial charge in [0.25, 0.3) is 0 Å². The van der Waals surface area contributed by atoms with Crippen LogP contribution in [0, 0.1) is 0 Å². The van der Waals surface area contributed by atoms with Gasteiger partial charge in [-0.2, -0.15) is 0 Å². The van der Waals surface area contributed by atoms with E-state index in [0.29, 0.717) is 24.7 Å². The molecule has 0 unspecified atom stereocenters. The molecule has 1 aromatic rings. The van der Waals surface area contributed by atoms with Gasteiger partial charge in [0, 0.05) is 5.56 Å². The molecule has 0 fully saturated rings.